The number of rotatable bonds is 6. The third-order valence-corrected chi connectivity index (χ3v) is 6.17. The van der Waals surface area contributed by atoms with Crippen LogP contribution in [0, 0.1) is 0 Å². The summed E-state index contributed by atoms with van der Waals surface area (Å²) in [6, 6.07) is 11.0. The molecule has 31 heavy (non-hydrogen) atoms. The fourth-order valence-corrected chi connectivity index (χ4v) is 4.65. The largest absolute Gasteiger partial charge is 0.493 e. The molecule has 2 aliphatic rings. The molecule has 4 rings (SSSR count). The standard InChI is InChI=1S/C24H29N3O4/c1-26(2)12-10-25-23(28)21-16-7-5-6-8-17(16)24(29)27-11-9-15-13-19(30-3)20(31-4)14-18(15)22(21)27/h5-8,13-14,21-22H,9-12H2,1-4H3,(H,25,28)/t21-,22+/m0/s1. The second kappa shape index (κ2) is 8.59. The lowest BCUT2D eigenvalue weighted by atomic mass is 9.75. The molecule has 164 valence electrons. The minimum Gasteiger partial charge on any atom is -0.493 e. The van der Waals surface area contributed by atoms with E-state index >= 15 is 0 Å². The van der Waals surface area contributed by atoms with Gasteiger partial charge in [0.25, 0.3) is 5.91 Å². The Morgan fingerprint density at radius 3 is 2.55 bits per heavy atom. The van der Waals surface area contributed by atoms with E-state index in [0.29, 0.717) is 36.6 Å². The van der Waals surface area contributed by atoms with Crippen LogP contribution in [0.5, 0.6) is 11.5 Å². The first-order valence-corrected chi connectivity index (χ1v) is 10.5. The van der Waals surface area contributed by atoms with E-state index in [1.165, 1.54) is 0 Å². The SMILES string of the molecule is COc1cc2c(cc1OC)[C@@H]1[C@@H](C(=O)NCCN(C)C)c3ccccc3C(=O)N1CC2. The zero-order valence-electron chi connectivity index (χ0n) is 18.5. The Hall–Kier alpha value is -3.06. The van der Waals surface area contributed by atoms with Crippen molar-refractivity contribution in [1.82, 2.24) is 15.1 Å². The van der Waals surface area contributed by atoms with Crippen LogP contribution < -0.4 is 14.8 Å². The van der Waals surface area contributed by atoms with E-state index in [9.17, 15) is 9.59 Å². The lowest BCUT2D eigenvalue weighted by Crippen LogP contribution is -2.50. The first kappa shape index (κ1) is 21.2. The van der Waals surface area contributed by atoms with Gasteiger partial charge >= 0.3 is 0 Å². The van der Waals surface area contributed by atoms with Crippen LogP contribution in [-0.2, 0) is 11.2 Å². The Kier molecular flexibility index (Phi) is 5.87. The number of benzene rings is 2. The van der Waals surface area contributed by atoms with Crippen LogP contribution in [0.25, 0.3) is 0 Å². The molecule has 7 nitrogen and oxygen atoms in total. The molecule has 2 atom stereocenters. The number of amides is 2. The van der Waals surface area contributed by atoms with Gasteiger partial charge in [0.1, 0.15) is 0 Å². The molecule has 2 aromatic carbocycles. The first-order valence-electron chi connectivity index (χ1n) is 10.5. The van der Waals surface area contributed by atoms with Gasteiger partial charge in [0.15, 0.2) is 11.5 Å². The minimum absolute atomic E-state index is 0.0293. The van der Waals surface area contributed by atoms with E-state index in [-0.39, 0.29) is 17.9 Å². The minimum atomic E-state index is -0.492. The van der Waals surface area contributed by atoms with Crippen LogP contribution in [0.4, 0.5) is 0 Å². The molecule has 7 heteroatoms. The Labute approximate surface area is 182 Å². The zero-order chi connectivity index (χ0) is 22.1. The number of carbonyl (C=O) groups excluding carboxylic acids is 2. The van der Waals surface area contributed by atoms with Crippen LogP contribution in [0.3, 0.4) is 0 Å². The summed E-state index contributed by atoms with van der Waals surface area (Å²) in [7, 11) is 7.15. The molecular weight excluding hydrogens is 394 g/mol. The van der Waals surface area contributed by atoms with E-state index in [1.54, 1.807) is 14.2 Å². The van der Waals surface area contributed by atoms with Gasteiger partial charge in [-0.1, -0.05) is 18.2 Å². The topological polar surface area (TPSA) is 71.1 Å². The molecule has 0 unspecified atom stereocenters. The molecule has 0 saturated heterocycles. The number of methoxy groups -OCH3 is 2. The Morgan fingerprint density at radius 2 is 1.84 bits per heavy atom. The Bertz CT molecular complexity index is 1000. The number of ether oxygens (including phenoxy) is 2. The van der Waals surface area contributed by atoms with Gasteiger partial charge in [-0.2, -0.15) is 0 Å². The van der Waals surface area contributed by atoms with Gasteiger partial charge in [0, 0.05) is 25.2 Å². The number of carbonyl (C=O) groups is 2. The fraction of sp³-hybridized carbons (Fsp3) is 0.417. The van der Waals surface area contributed by atoms with Crippen molar-refractivity contribution in [2.45, 2.75) is 18.4 Å². The van der Waals surface area contributed by atoms with E-state index < -0.39 is 5.92 Å². The molecule has 0 bridgehead atoms. The predicted octanol–water partition coefficient (Wildman–Crippen LogP) is 2.22. The van der Waals surface area contributed by atoms with Crippen molar-refractivity contribution < 1.29 is 19.1 Å². The highest BCUT2D eigenvalue weighted by Crippen LogP contribution is 2.48. The van der Waals surface area contributed by atoms with Gasteiger partial charge < -0.3 is 24.6 Å². The summed E-state index contributed by atoms with van der Waals surface area (Å²) in [5, 5.41) is 3.08. The number of hydrogen-bond donors (Lipinski definition) is 1. The van der Waals surface area contributed by atoms with E-state index in [0.717, 1.165) is 23.2 Å². The van der Waals surface area contributed by atoms with Crippen molar-refractivity contribution in [3.8, 4) is 11.5 Å². The molecule has 0 fully saturated rings. The molecule has 1 N–H and O–H groups in total. The first-order chi connectivity index (χ1) is 15.0. The second-order valence-electron chi connectivity index (χ2n) is 8.26. The highest BCUT2D eigenvalue weighted by atomic mass is 16.5. The smallest absolute Gasteiger partial charge is 0.254 e. The van der Waals surface area contributed by atoms with Crippen molar-refractivity contribution in [2.75, 3.05) is 47.9 Å². The van der Waals surface area contributed by atoms with Crippen LogP contribution >= 0.6 is 0 Å². The van der Waals surface area contributed by atoms with Gasteiger partial charge in [0.05, 0.1) is 26.2 Å². The fourth-order valence-electron chi connectivity index (χ4n) is 4.65. The van der Waals surface area contributed by atoms with Gasteiger partial charge in [-0.3, -0.25) is 9.59 Å². The summed E-state index contributed by atoms with van der Waals surface area (Å²) >= 11 is 0. The van der Waals surface area contributed by atoms with Crippen molar-refractivity contribution in [3.05, 3.63) is 58.7 Å². The molecule has 2 heterocycles. The Morgan fingerprint density at radius 1 is 1.13 bits per heavy atom. The molecule has 0 aliphatic carbocycles. The molecular formula is C24H29N3O4. The summed E-state index contributed by atoms with van der Waals surface area (Å²) in [4.78, 5) is 30.7. The quantitative estimate of drug-likeness (QED) is 0.772. The second-order valence-corrected chi connectivity index (χ2v) is 8.26. The maximum absolute atomic E-state index is 13.5. The number of likely N-dealkylation sites (N-methyl/N-ethyl adjacent to an activating group) is 1. The molecule has 0 radical (unpaired) electrons. The summed E-state index contributed by atoms with van der Waals surface area (Å²) in [5.41, 5.74) is 3.41. The van der Waals surface area contributed by atoms with Crippen LogP contribution in [0.1, 0.15) is 39.0 Å². The third kappa shape index (κ3) is 3.74. The normalized spacial score (nSPS) is 19.4. The summed E-state index contributed by atoms with van der Waals surface area (Å²) in [6.07, 6.45) is 0.703. The molecule has 0 aromatic heterocycles. The maximum atomic E-state index is 13.5. The van der Waals surface area contributed by atoms with E-state index in [4.69, 9.17) is 9.47 Å². The van der Waals surface area contributed by atoms with Crippen molar-refractivity contribution in [2.24, 2.45) is 0 Å². The maximum Gasteiger partial charge on any atom is 0.254 e. The lowest BCUT2D eigenvalue weighted by Gasteiger charge is -2.45. The van der Waals surface area contributed by atoms with Crippen molar-refractivity contribution >= 4 is 11.8 Å². The number of hydrogen-bond acceptors (Lipinski definition) is 5. The van der Waals surface area contributed by atoms with E-state index in [1.807, 2.05) is 60.3 Å². The van der Waals surface area contributed by atoms with Gasteiger partial charge in [-0.25, -0.2) is 0 Å². The Balaban J connectivity index is 1.81. The van der Waals surface area contributed by atoms with E-state index in [2.05, 4.69) is 5.32 Å². The van der Waals surface area contributed by atoms with Gasteiger partial charge in [-0.05, 0) is 55.4 Å². The monoisotopic (exact) mass is 423 g/mol. The average molecular weight is 424 g/mol. The predicted molar refractivity (Wildman–Crippen MR) is 118 cm³/mol. The van der Waals surface area contributed by atoms with Crippen LogP contribution in [0.15, 0.2) is 36.4 Å². The summed E-state index contributed by atoms with van der Waals surface area (Å²) in [5.74, 6) is 0.663. The molecule has 0 spiro atoms. The number of fused-ring (bicyclic) bond motifs is 4. The molecule has 2 amide bonds. The molecule has 2 aromatic rings. The zero-order valence-corrected chi connectivity index (χ0v) is 18.5. The average Bonchev–Trinajstić information content (AvgIpc) is 2.77. The lowest BCUT2D eigenvalue weighted by molar-refractivity contribution is -0.124. The molecule has 2 aliphatic heterocycles. The third-order valence-electron chi connectivity index (χ3n) is 6.17. The number of nitrogens with one attached hydrogen (secondary N) is 1. The highest BCUT2D eigenvalue weighted by molar-refractivity contribution is 6.01. The summed E-state index contributed by atoms with van der Waals surface area (Å²) in [6.45, 7) is 1.85. The van der Waals surface area contributed by atoms with Crippen LogP contribution in [0.2, 0.25) is 0 Å². The number of nitrogens with zero attached hydrogens (tertiary/aromatic N) is 2. The van der Waals surface area contributed by atoms with Crippen molar-refractivity contribution in [1.29, 1.82) is 0 Å². The highest BCUT2D eigenvalue weighted by Gasteiger charge is 2.46. The molecule has 0 saturated carbocycles. The van der Waals surface area contributed by atoms with Crippen LogP contribution in [-0.4, -0.2) is 69.6 Å². The van der Waals surface area contributed by atoms with Gasteiger partial charge in [0.2, 0.25) is 5.91 Å². The van der Waals surface area contributed by atoms with Crippen molar-refractivity contribution in [3.63, 3.8) is 0 Å². The van der Waals surface area contributed by atoms with Gasteiger partial charge in [-0.15, -0.1) is 0 Å². The summed E-state index contributed by atoms with van der Waals surface area (Å²) < 4.78 is 11.0.